The number of aromatic nitrogens is 2. The fourth-order valence-corrected chi connectivity index (χ4v) is 2.12. The lowest BCUT2D eigenvalue weighted by atomic mass is 10.2. The van der Waals surface area contributed by atoms with Crippen molar-refractivity contribution in [3.05, 3.63) is 23.7 Å². The molecule has 0 spiro atoms. The van der Waals surface area contributed by atoms with Crippen molar-refractivity contribution in [1.29, 1.82) is 0 Å². The number of hydrogen-bond acceptors (Lipinski definition) is 3. The number of amides is 2. The number of hydrogen-bond donors (Lipinski definition) is 1. The van der Waals surface area contributed by atoms with Crippen LogP contribution in [0.4, 0.5) is 10.5 Å². The van der Waals surface area contributed by atoms with Crippen molar-refractivity contribution in [3.63, 3.8) is 0 Å². The van der Waals surface area contributed by atoms with Gasteiger partial charge < -0.3 is 15.4 Å². The Bertz CT molecular complexity index is 404. The molecule has 0 atom stereocenters. The number of rotatable bonds is 2. The molecule has 6 nitrogen and oxygen atoms in total. The first-order valence-corrected chi connectivity index (χ1v) is 5.76. The summed E-state index contributed by atoms with van der Waals surface area (Å²) in [6.45, 7) is 0. The number of nitrogens with zero attached hydrogens (tertiary/aromatic N) is 3. The molecule has 17 heavy (non-hydrogen) atoms. The third-order valence-corrected chi connectivity index (χ3v) is 3.13. The summed E-state index contributed by atoms with van der Waals surface area (Å²) in [6, 6.07) is 1.73. The standard InChI is InChI=1S/C11H16N4O2/c1-14(10-4-2-3-5-10)11(16)13-9-6-7-12-15(17)8-9/h6-8,10H,2-5H2,1H3,(H,13,16). The lowest BCUT2D eigenvalue weighted by Crippen LogP contribution is -2.39. The average molecular weight is 236 g/mol. The molecule has 0 aromatic carbocycles. The molecule has 0 radical (unpaired) electrons. The maximum Gasteiger partial charge on any atom is 0.322 e. The van der Waals surface area contributed by atoms with Gasteiger partial charge in [-0.2, -0.15) is 0 Å². The maximum absolute atomic E-state index is 11.9. The fourth-order valence-electron chi connectivity index (χ4n) is 2.12. The Morgan fingerprint density at radius 3 is 2.94 bits per heavy atom. The summed E-state index contributed by atoms with van der Waals surface area (Å²) in [5.41, 5.74) is 0.463. The number of urea groups is 1. The minimum atomic E-state index is -0.178. The van der Waals surface area contributed by atoms with Crippen LogP contribution < -0.4 is 10.2 Å². The van der Waals surface area contributed by atoms with Crippen molar-refractivity contribution in [2.45, 2.75) is 31.7 Å². The van der Waals surface area contributed by atoms with E-state index in [9.17, 15) is 10.0 Å². The Kier molecular flexibility index (Phi) is 3.41. The topological polar surface area (TPSA) is 72.2 Å². The summed E-state index contributed by atoms with van der Waals surface area (Å²) in [6.07, 6.45) is 7.07. The molecule has 1 saturated carbocycles. The second-order valence-corrected chi connectivity index (χ2v) is 4.30. The van der Waals surface area contributed by atoms with E-state index in [1.165, 1.54) is 25.2 Å². The van der Waals surface area contributed by atoms with Gasteiger partial charge >= 0.3 is 6.03 Å². The molecule has 1 aliphatic carbocycles. The number of carbonyl (C=O) groups is 1. The van der Waals surface area contributed by atoms with E-state index in [1.807, 2.05) is 0 Å². The minimum Gasteiger partial charge on any atom is -0.594 e. The van der Waals surface area contributed by atoms with Crippen molar-refractivity contribution in [3.8, 4) is 0 Å². The maximum atomic E-state index is 11.9. The summed E-state index contributed by atoms with van der Waals surface area (Å²) in [5, 5.41) is 17.1. The van der Waals surface area contributed by atoms with E-state index in [4.69, 9.17) is 0 Å². The van der Waals surface area contributed by atoms with Gasteiger partial charge in [-0.3, -0.25) is 0 Å². The summed E-state index contributed by atoms with van der Waals surface area (Å²) in [5.74, 6) is 0. The molecule has 1 fully saturated rings. The molecule has 0 bridgehead atoms. The number of anilines is 1. The van der Waals surface area contributed by atoms with Gasteiger partial charge in [0.1, 0.15) is 5.69 Å². The van der Waals surface area contributed by atoms with Crippen LogP contribution in [-0.2, 0) is 0 Å². The molecule has 1 aliphatic rings. The number of carbonyl (C=O) groups excluding carboxylic acids is 1. The van der Waals surface area contributed by atoms with Crippen molar-refractivity contribution in [1.82, 2.24) is 10.00 Å². The highest BCUT2D eigenvalue weighted by molar-refractivity contribution is 5.88. The van der Waals surface area contributed by atoms with E-state index in [0.717, 1.165) is 12.8 Å². The predicted molar refractivity (Wildman–Crippen MR) is 62.2 cm³/mol. The molecule has 1 aromatic rings. The molecule has 1 aromatic heterocycles. The summed E-state index contributed by atoms with van der Waals surface area (Å²) in [7, 11) is 1.79. The molecule has 0 saturated heterocycles. The third kappa shape index (κ3) is 2.83. The lowest BCUT2D eigenvalue weighted by Gasteiger charge is -2.24. The second-order valence-electron chi connectivity index (χ2n) is 4.30. The van der Waals surface area contributed by atoms with Gasteiger partial charge in [-0.05, 0) is 18.9 Å². The van der Waals surface area contributed by atoms with Crippen LogP contribution in [-0.4, -0.2) is 29.1 Å². The molecule has 1 N–H and O–H groups in total. The number of nitrogens with one attached hydrogen (secondary N) is 1. The van der Waals surface area contributed by atoms with Crippen molar-refractivity contribution < 1.29 is 9.64 Å². The van der Waals surface area contributed by atoms with E-state index in [2.05, 4.69) is 10.4 Å². The SMILES string of the molecule is CN(C(=O)Nc1ccn[n+]([O-])c1)C1CCCC1. The van der Waals surface area contributed by atoms with Gasteiger partial charge in [0.15, 0.2) is 0 Å². The zero-order valence-corrected chi connectivity index (χ0v) is 9.80. The molecule has 2 rings (SSSR count). The Balaban J connectivity index is 1.96. The summed E-state index contributed by atoms with van der Waals surface area (Å²) >= 11 is 0. The van der Waals surface area contributed by atoms with Gasteiger partial charge in [0, 0.05) is 18.2 Å². The smallest absolute Gasteiger partial charge is 0.322 e. The van der Waals surface area contributed by atoms with Gasteiger partial charge in [-0.15, -0.1) is 0 Å². The molecule has 92 valence electrons. The Morgan fingerprint density at radius 2 is 2.29 bits per heavy atom. The van der Waals surface area contributed by atoms with E-state index in [0.29, 0.717) is 16.6 Å². The van der Waals surface area contributed by atoms with E-state index in [-0.39, 0.29) is 6.03 Å². The quantitative estimate of drug-likeness (QED) is 0.617. The Hall–Kier alpha value is -1.85. The molecule has 2 amide bonds. The van der Waals surface area contributed by atoms with Crippen LogP contribution in [0.3, 0.4) is 0 Å². The van der Waals surface area contributed by atoms with Crippen LogP contribution in [0, 0.1) is 5.21 Å². The van der Waals surface area contributed by atoms with Crippen LogP contribution in [0.1, 0.15) is 25.7 Å². The first-order chi connectivity index (χ1) is 8.16. The van der Waals surface area contributed by atoms with Crippen LogP contribution in [0.5, 0.6) is 0 Å². The third-order valence-electron chi connectivity index (χ3n) is 3.13. The van der Waals surface area contributed by atoms with Crippen molar-refractivity contribution in [2.24, 2.45) is 0 Å². The fraction of sp³-hybridized carbons (Fsp3) is 0.545. The van der Waals surface area contributed by atoms with Crippen LogP contribution in [0.2, 0.25) is 0 Å². The zero-order valence-electron chi connectivity index (χ0n) is 9.80. The Labute approximate surface area is 99.8 Å². The molecular weight excluding hydrogens is 220 g/mol. The first-order valence-electron chi connectivity index (χ1n) is 5.76. The highest BCUT2D eigenvalue weighted by Gasteiger charge is 2.23. The second kappa shape index (κ2) is 4.99. The summed E-state index contributed by atoms with van der Waals surface area (Å²) in [4.78, 5) is 14.0. The van der Waals surface area contributed by atoms with Gasteiger partial charge in [0.2, 0.25) is 6.20 Å². The van der Waals surface area contributed by atoms with Crippen molar-refractivity contribution in [2.75, 3.05) is 12.4 Å². The van der Waals surface area contributed by atoms with Crippen LogP contribution in [0.25, 0.3) is 0 Å². The Morgan fingerprint density at radius 1 is 1.59 bits per heavy atom. The van der Waals surface area contributed by atoms with Crippen LogP contribution >= 0.6 is 0 Å². The monoisotopic (exact) mass is 236 g/mol. The normalized spacial score (nSPS) is 15.8. The van der Waals surface area contributed by atoms with Gasteiger partial charge in [0.25, 0.3) is 0 Å². The molecule has 0 aliphatic heterocycles. The molecule has 0 unspecified atom stereocenters. The van der Waals surface area contributed by atoms with E-state index < -0.39 is 0 Å². The average Bonchev–Trinajstić information content (AvgIpc) is 2.81. The summed E-state index contributed by atoms with van der Waals surface area (Å²) < 4.78 is 0. The van der Waals surface area contributed by atoms with E-state index >= 15 is 0 Å². The van der Waals surface area contributed by atoms with E-state index in [1.54, 1.807) is 18.0 Å². The molecule has 1 heterocycles. The molecular formula is C11H16N4O2. The zero-order chi connectivity index (χ0) is 12.3. The lowest BCUT2D eigenvalue weighted by molar-refractivity contribution is -0.668. The van der Waals surface area contributed by atoms with Gasteiger partial charge in [-0.1, -0.05) is 17.7 Å². The molecule has 6 heteroatoms. The largest absolute Gasteiger partial charge is 0.594 e. The highest BCUT2D eigenvalue weighted by atomic mass is 16.5. The minimum absolute atomic E-state index is 0.178. The highest BCUT2D eigenvalue weighted by Crippen LogP contribution is 2.22. The predicted octanol–water partition coefficient (Wildman–Crippen LogP) is 1.12. The first kappa shape index (κ1) is 11.6. The van der Waals surface area contributed by atoms with Gasteiger partial charge in [0.05, 0.1) is 6.20 Å². The van der Waals surface area contributed by atoms with Gasteiger partial charge in [-0.25, -0.2) is 4.79 Å². The van der Waals surface area contributed by atoms with Crippen molar-refractivity contribution >= 4 is 11.7 Å². The van der Waals surface area contributed by atoms with Crippen LogP contribution in [0.15, 0.2) is 18.5 Å².